The van der Waals surface area contributed by atoms with Gasteiger partial charge in [-0.3, -0.25) is 19.5 Å². The summed E-state index contributed by atoms with van der Waals surface area (Å²) >= 11 is 3.39. The Balaban J connectivity index is 1.89. The van der Waals surface area contributed by atoms with Gasteiger partial charge in [-0.2, -0.15) is 0 Å². The second-order valence-electron chi connectivity index (χ2n) is 5.87. The van der Waals surface area contributed by atoms with E-state index in [1.165, 1.54) is 16.7 Å². The highest BCUT2D eigenvalue weighted by Gasteiger charge is 2.13. The average molecular weight is 438 g/mol. The number of nitro groups is 1. The van der Waals surface area contributed by atoms with Gasteiger partial charge in [0.1, 0.15) is 16.5 Å². The molecule has 4 rings (SSSR count). The van der Waals surface area contributed by atoms with Crippen LogP contribution in [0.4, 0.5) is 5.88 Å². The van der Waals surface area contributed by atoms with E-state index >= 15 is 0 Å². The summed E-state index contributed by atoms with van der Waals surface area (Å²) < 4.78 is 7.51. The minimum absolute atomic E-state index is 0.210. The number of rotatable bonds is 4. The summed E-state index contributed by atoms with van der Waals surface area (Å²) in [6.07, 6.45) is 3.14. The molecular formula is C20H12BrN3O4. The Morgan fingerprint density at radius 1 is 1.04 bits per heavy atom. The van der Waals surface area contributed by atoms with E-state index in [-0.39, 0.29) is 17.2 Å². The van der Waals surface area contributed by atoms with Crippen molar-refractivity contribution in [2.24, 2.45) is 0 Å². The van der Waals surface area contributed by atoms with E-state index in [2.05, 4.69) is 20.9 Å². The molecule has 0 saturated heterocycles. The van der Waals surface area contributed by atoms with Crippen molar-refractivity contribution >= 4 is 44.9 Å². The van der Waals surface area contributed by atoms with Crippen molar-refractivity contribution in [3.8, 4) is 5.69 Å². The topological polar surface area (TPSA) is 91.2 Å². The van der Waals surface area contributed by atoms with Gasteiger partial charge in [0.05, 0.1) is 22.7 Å². The molecule has 0 amide bonds. The number of aromatic nitrogens is 2. The average Bonchev–Trinajstić information content (AvgIpc) is 3.17. The first kappa shape index (κ1) is 17.9. The lowest BCUT2D eigenvalue weighted by Crippen LogP contribution is -2.22. The fourth-order valence-electron chi connectivity index (χ4n) is 2.79. The number of para-hydroxylation sites is 1. The summed E-state index contributed by atoms with van der Waals surface area (Å²) in [7, 11) is 0. The van der Waals surface area contributed by atoms with Crippen LogP contribution in [0, 0.1) is 10.1 Å². The molecule has 0 bridgehead atoms. The highest BCUT2D eigenvalue weighted by Crippen LogP contribution is 2.20. The summed E-state index contributed by atoms with van der Waals surface area (Å²) in [5, 5.41) is 11.3. The van der Waals surface area contributed by atoms with Gasteiger partial charge in [0.2, 0.25) is 0 Å². The predicted molar refractivity (Wildman–Crippen MR) is 109 cm³/mol. The number of hydrogen-bond donors (Lipinski definition) is 0. The Morgan fingerprint density at radius 2 is 1.79 bits per heavy atom. The number of halogens is 1. The SMILES string of the molecule is O=c1c2ccccc2nc(/C=C/c2ccc([N+](=O)[O-])o2)n1-c1ccc(Br)cc1. The van der Waals surface area contributed by atoms with Crippen LogP contribution >= 0.6 is 15.9 Å². The standard InChI is InChI=1S/C20H12BrN3O4/c21-13-5-7-14(8-6-13)23-18(11-9-15-10-12-19(28-15)24(26)27)22-17-4-2-1-3-16(17)20(23)25/h1-12H/b11-9+. The third kappa shape index (κ3) is 3.37. The molecule has 4 aromatic rings. The Morgan fingerprint density at radius 3 is 2.50 bits per heavy atom. The van der Waals surface area contributed by atoms with E-state index in [1.54, 1.807) is 42.5 Å². The molecule has 0 aliphatic carbocycles. The lowest BCUT2D eigenvalue weighted by atomic mass is 10.2. The fraction of sp³-hybridized carbons (Fsp3) is 0. The molecule has 0 N–H and O–H groups in total. The maximum atomic E-state index is 13.1. The summed E-state index contributed by atoms with van der Waals surface area (Å²) in [5.74, 6) is 0.318. The van der Waals surface area contributed by atoms with Gasteiger partial charge < -0.3 is 4.42 Å². The van der Waals surface area contributed by atoms with Crippen LogP contribution < -0.4 is 5.56 Å². The van der Waals surface area contributed by atoms with Crippen molar-refractivity contribution in [3.05, 3.63) is 97.2 Å². The molecule has 28 heavy (non-hydrogen) atoms. The molecule has 0 saturated carbocycles. The van der Waals surface area contributed by atoms with Gasteiger partial charge in [0, 0.05) is 4.47 Å². The summed E-state index contributed by atoms with van der Waals surface area (Å²) in [6.45, 7) is 0. The summed E-state index contributed by atoms with van der Waals surface area (Å²) in [4.78, 5) is 27.8. The maximum absolute atomic E-state index is 13.1. The molecule has 0 unspecified atom stereocenters. The minimum Gasteiger partial charge on any atom is -0.401 e. The zero-order valence-electron chi connectivity index (χ0n) is 14.3. The zero-order valence-corrected chi connectivity index (χ0v) is 15.9. The van der Waals surface area contributed by atoms with Crippen LogP contribution in [0.3, 0.4) is 0 Å². The van der Waals surface area contributed by atoms with E-state index < -0.39 is 4.92 Å². The molecule has 0 aliphatic heterocycles. The lowest BCUT2D eigenvalue weighted by molar-refractivity contribution is -0.402. The molecule has 0 radical (unpaired) electrons. The van der Waals surface area contributed by atoms with Crippen LogP contribution in [0.15, 0.2) is 74.3 Å². The quantitative estimate of drug-likeness (QED) is 0.337. The van der Waals surface area contributed by atoms with Gasteiger partial charge in [-0.25, -0.2) is 4.98 Å². The lowest BCUT2D eigenvalue weighted by Gasteiger charge is -2.11. The molecule has 0 atom stereocenters. The zero-order chi connectivity index (χ0) is 19.7. The second kappa shape index (κ2) is 7.24. The van der Waals surface area contributed by atoms with Crippen molar-refractivity contribution in [2.45, 2.75) is 0 Å². The molecule has 138 valence electrons. The van der Waals surface area contributed by atoms with E-state index in [1.807, 2.05) is 18.2 Å². The van der Waals surface area contributed by atoms with Crippen LogP contribution in [-0.2, 0) is 0 Å². The summed E-state index contributed by atoms with van der Waals surface area (Å²) in [6, 6.07) is 17.1. The van der Waals surface area contributed by atoms with E-state index in [9.17, 15) is 14.9 Å². The largest absolute Gasteiger partial charge is 0.433 e. The monoisotopic (exact) mass is 437 g/mol. The third-order valence-electron chi connectivity index (χ3n) is 4.08. The van der Waals surface area contributed by atoms with Gasteiger partial charge in [-0.05, 0) is 54.6 Å². The first-order chi connectivity index (χ1) is 13.5. The highest BCUT2D eigenvalue weighted by atomic mass is 79.9. The van der Waals surface area contributed by atoms with Crippen LogP contribution in [0.25, 0.3) is 28.7 Å². The number of nitrogens with zero attached hydrogens (tertiary/aromatic N) is 3. The van der Waals surface area contributed by atoms with Crippen molar-refractivity contribution in [1.82, 2.24) is 9.55 Å². The van der Waals surface area contributed by atoms with Gasteiger partial charge in [0.25, 0.3) is 5.56 Å². The molecule has 0 spiro atoms. The van der Waals surface area contributed by atoms with E-state index in [4.69, 9.17) is 4.42 Å². The Hall–Kier alpha value is -3.52. The first-order valence-corrected chi connectivity index (χ1v) is 9.02. The van der Waals surface area contributed by atoms with Crippen molar-refractivity contribution in [1.29, 1.82) is 0 Å². The van der Waals surface area contributed by atoms with Gasteiger partial charge in [0.15, 0.2) is 0 Å². The van der Waals surface area contributed by atoms with Crippen molar-refractivity contribution < 1.29 is 9.34 Å². The molecule has 8 heteroatoms. The van der Waals surface area contributed by atoms with E-state index in [0.29, 0.717) is 22.4 Å². The maximum Gasteiger partial charge on any atom is 0.433 e. The van der Waals surface area contributed by atoms with Crippen LogP contribution in [0.2, 0.25) is 0 Å². The Kier molecular flexibility index (Phi) is 4.62. The molecular weight excluding hydrogens is 426 g/mol. The molecule has 2 heterocycles. The molecule has 0 aliphatic rings. The van der Waals surface area contributed by atoms with Crippen LogP contribution in [0.1, 0.15) is 11.6 Å². The normalized spacial score (nSPS) is 11.3. The first-order valence-electron chi connectivity index (χ1n) is 8.23. The van der Waals surface area contributed by atoms with E-state index in [0.717, 1.165) is 4.47 Å². The smallest absolute Gasteiger partial charge is 0.401 e. The Bertz CT molecular complexity index is 1270. The number of furan rings is 1. The van der Waals surface area contributed by atoms with Gasteiger partial charge in [-0.1, -0.05) is 28.1 Å². The molecule has 2 aromatic carbocycles. The van der Waals surface area contributed by atoms with Crippen LogP contribution in [-0.4, -0.2) is 14.5 Å². The fourth-order valence-corrected chi connectivity index (χ4v) is 3.05. The highest BCUT2D eigenvalue weighted by molar-refractivity contribution is 9.10. The third-order valence-corrected chi connectivity index (χ3v) is 4.60. The second-order valence-corrected chi connectivity index (χ2v) is 6.79. The number of benzene rings is 2. The molecule has 0 fully saturated rings. The number of fused-ring (bicyclic) bond motifs is 1. The summed E-state index contributed by atoms with van der Waals surface area (Å²) in [5.41, 5.74) is 1.00. The van der Waals surface area contributed by atoms with Gasteiger partial charge >= 0.3 is 5.88 Å². The Labute approximate surface area is 166 Å². The van der Waals surface area contributed by atoms with Gasteiger partial charge in [-0.15, -0.1) is 0 Å². The molecule has 7 nitrogen and oxygen atoms in total. The van der Waals surface area contributed by atoms with Crippen LogP contribution in [0.5, 0.6) is 0 Å². The number of hydrogen-bond acceptors (Lipinski definition) is 5. The predicted octanol–water partition coefficient (Wildman–Crippen LogP) is 4.82. The van der Waals surface area contributed by atoms with Crippen molar-refractivity contribution in [2.75, 3.05) is 0 Å². The van der Waals surface area contributed by atoms with Crippen molar-refractivity contribution in [3.63, 3.8) is 0 Å². The minimum atomic E-state index is -0.608. The molecule has 2 aromatic heterocycles.